The highest BCUT2D eigenvalue weighted by Crippen LogP contribution is 2.66. The molecule has 7 heteroatoms. The first-order valence-electron chi connectivity index (χ1n) is 13.8. The van der Waals surface area contributed by atoms with E-state index >= 15 is 0 Å². The zero-order valence-corrected chi connectivity index (χ0v) is 21.3. The summed E-state index contributed by atoms with van der Waals surface area (Å²) < 4.78 is 6.36. The molecular weight excluding hydrogens is 468 g/mol. The molecule has 2 saturated carbocycles. The van der Waals surface area contributed by atoms with Crippen LogP contribution in [0.25, 0.3) is 0 Å². The van der Waals surface area contributed by atoms with Crippen molar-refractivity contribution in [2.45, 2.75) is 67.8 Å². The molecule has 6 atom stereocenters. The molecule has 1 spiro atoms. The molecule has 2 aliphatic heterocycles. The molecule has 2 heterocycles. The Morgan fingerprint density at radius 1 is 1.19 bits per heavy atom. The normalized spacial score (nSPS) is 35.5. The number of nitrogens with zero attached hydrogens (tertiary/aromatic N) is 2. The number of rotatable bonds is 6. The van der Waals surface area contributed by atoms with Gasteiger partial charge in [-0.15, -0.1) is 0 Å². The van der Waals surface area contributed by atoms with Gasteiger partial charge in [0.25, 0.3) is 0 Å². The average Bonchev–Trinajstić information content (AvgIpc) is 3.64. The Labute approximate surface area is 217 Å². The molecule has 37 heavy (non-hydrogen) atoms. The number of ether oxygens (including phenoxy) is 1. The summed E-state index contributed by atoms with van der Waals surface area (Å²) in [4.78, 5) is 17.9. The fraction of sp³-hybridized carbons (Fsp3) is 0.567. The van der Waals surface area contributed by atoms with Crippen LogP contribution in [-0.4, -0.2) is 81.6 Å². The molecule has 3 aliphatic carbocycles. The van der Waals surface area contributed by atoms with E-state index in [1.54, 1.807) is 18.0 Å². The maximum absolute atomic E-state index is 13.8. The standard InChI is InChI=1S/C30H36N2O5/c1-31(13-11-18-5-3-2-4-6-18)28(35)21-16-30(36)23-15-20-9-10-22(33)26-24(20)29(30,27(37-26)25(21)34)12-14-32(23)17-19-7-8-19/h2-6,9-10,19,21,23,25,27,33-34,36H,7-8,11-17H2,1H3/t21-,23-,25+,27+,29+,30-/m1/s1. The zero-order valence-electron chi connectivity index (χ0n) is 21.3. The van der Waals surface area contributed by atoms with Gasteiger partial charge in [0, 0.05) is 31.7 Å². The number of phenols is 1. The first-order valence-corrected chi connectivity index (χ1v) is 13.8. The molecule has 3 fully saturated rings. The average molecular weight is 505 g/mol. The number of carbonyl (C=O) groups excluding carboxylic acids is 1. The molecule has 7 rings (SSSR count). The lowest BCUT2D eigenvalue weighted by Gasteiger charge is -2.64. The molecular formula is C30H36N2O5. The van der Waals surface area contributed by atoms with Gasteiger partial charge in [-0.25, -0.2) is 0 Å². The highest BCUT2D eigenvalue weighted by Gasteiger charge is 2.75. The lowest BCUT2D eigenvalue weighted by molar-refractivity contribution is -0.225. The molecule has 2 bridgehead atoms. The number of aromatic hydroxyl groups is 1. The summed E-state index contributed by atoms with van der Waals surface area (Å²) >= 11 is 0. The molecule has 7 nitrogen and oxygen atoms in total. The van der Waals surface area contributed by atoms with Gasteiger partial charge in [-0.2, -0.15) is 0 Å². The molecule has 1 amide bonds. The van der Waals surface area contributed by atoms with E-state index in [2.05, 4.69) is 4.90 Å². The van der Waals surface area contributed by atoms with Crippen molar-refractivity contribution in [2.24, 2.45) is 11.8 Å². The molecule has 1 saturated heterocycles. The second kappa shape index (κ2) is 8.19. The smallest absolute Gasteiger partial charge is 0.228 e. The van der Waals surface area contributed by atoms with E-state index in [1.165, 1.54) is 12.8 Å². The molecule has 0 radical (unpaired) electrons. The van der Waals surface area contributed by atoms with Crippen LogP contribution in [0.1, 0.15) is 42.4 Å². The number of carbonyl (C=O) groups is 1. The van der Waals surface area contributed by atoms with Crippen molar-refractivity contribution in [3.63, 3.8) is 0 Å². The van der Waals surface area contributed by atoms with E-state index in [9.17, 15) is 20.1 Å². The fourth-order valence-electron chi connectivity index (χ4n) is 8.05. The lowest BCUT2D eigenvalue weighted by atomic mass is 9.47. The third-order valence-electron chi connectivity index (χ3n) is 10.1. The predicted octanol–water partition coefficient (Wildman–Crippen LogP) is 2.24. The number of benzene rings is 2. The van der Waals surface area contributed by atoms with E-state index in [-0.39, 0.29) is 24.1 Å². The molecule has 0 unspecified atom stereocenters. The van der Waals surface area contributed by atoms with Gasteiger partial charge in [-0.3, -0.25) is 9.69 Å². The predicted molar refractivity (Wildman–Crippen MR) is 137 cm³/mol. The van der Waals surface area contributed by atoms with E-state index in [4.69, 9.17) is 4.74 Å². The number of aliphatic hydroxyl groups is 2. The molecule has 5 aliphatic rings. The summed E-state index contributed by atoms with van der Waals surface area (Å²) in [7, 11) is 1.78. The lowest BCUT2D eigenvalue weighted by Crippen LogP contribution is -2.79. The van der Waals surface area contributed by atoms with E-state index in [0.29, 0.717) is 31.1 Å². The Kier molecular flexibility index (Phi) is 5.20. The van der Waals surface area contributed by atoms with Crippen LogP contribution in [0.5, 0.6) is 11.5 Å². The number of piperidine rings is 1. The number of likely N-dealkylation sites (tertiary alicyclic amines) is 1. The van der Waals surface area contributed by atoms with Crippen molar-refractivity contribution in [1.29, 1.82) is 0 Å². The summed E-state index contributed by atoms with van der Waals surface area (Å²) in [5.41, 5.74) is 1.06. The first kappa shape index (κ1) is 23.5. The SMILES string of the molecule is CN(CCc1ccccc1)C(=O)[C@@H]1C[C@@]2(O)[C@H]3Cc4ccc(O)c5c4[C@@]2(CCN3CC2CC2)[C@@H](O5)[C@H]1O. The van der Waals surface area contributed by atoms with E-state index in [1.807, 2.05) is 36.4 Å². The van der Waals surface area contributed by atoms with Crippen LogP contribution in [0.2, 0.25) is 0 Å². The summed E-state index contributed by atoms with van der Waals surface area (Å²) in [6, 6.07) is 13.5. The number of aliphatic hydroxyl groups excluding tert-OH is 1. The van der Waals surface area contributed by atoms with Crippen molar-refractivity contribution < 1.29 is 24.9 Å². The highest BCUT2D eigenvalue weighted by atomic mass is 16.5. The summed E-state index contributed by atoms with van der Waals surface area (Å²) in [6.45, 7) is 2.32. The first-order chi connectivity index (χ1) is 17.8. The van der Waals surface area contributed by atoms with Crippen LogP contribution < -0.4 is 4.74 Å². The maximum Gasteiger partial charge on any atom is 0.228 e. The monoisotopic (exact) mass is 504 g/mol. The Bertz CT molecular complexity index is 1230. The minimum atomic E-state index is -1.23. The zero-order chi connectivity index (χ0) is 25.5. The number of amides is 1. The van der Waals surface area contributed by atoms with Crippen molar-refractivity contribution in [3.05, 3.63) is 59.2 Å². The van der Waals surface area contributed by atoms with Gasteiger partial charge in [0.05, 0.1) is 16.9 Å². The Morgan fingerprint density at radius 2 is 1.97 bits per heavy atom. The second-order valence-corrected chi connectivity index (χ2v) is 12.1. The minimum absolute atomic E-state index is 0.0405. The van der Waals surface area contributed by atoms with Crippen LogP contribution in [0, 0.1) is 11.8 Å². The maximum atomic E-state index is 13.8. The van der Waals surface area contributed by atoms with Gasteiger partial charge >= 0.3 is 0 Å². The van der Waals surface area contributed by atoms with Crippen molar-refractivity contribution >= 4 is 5.91 Å². The fourth-order valence-corrected chi connectivity index (χ4v) is 8.05. The van der Waals surface area contributed by atoms with Gasteiger partial charge in [0.2, 0.25) is 5.91 Å². The molecule has 2 aromatic rings. The summed E-state index contributed by atoms with van der Waals surface area (Å²) in [6.07, 6.45) is 2.85. The number of phenolic OH excluding ortho intramolecular Hbond substituents is 1. The minimum Gasteiger partial charge on any atom is -0.504 e. The topological polar surface area (TPSA) is 93.5 Å². The van der Waals surface area contributed by atoms with Crippen LogP contribution in [0.15, 0.2) is 42.5 Å². The van der Waals surface area contributed by atoms with Gasteiger partial charge in [-0.05, 0) is 68.2 Å². The summed E-state index contributed by atoms with van der Waals surface area (Å²) in [5.74, 6) is 0.178. The summed E-state index contributed by atoms with van der Waals surface area (Å²) in [5, 5.41) is 35.2. The van der Waals surface area contributed by atoms with Gasteiger partial charge in [-0.1, -0.05) is 36.4 Å². The van der Waals surface area contributed by atoms with Crippen LogP contribution in [0.3, 0.4) is 0 Å². The molecule has 0 aromatic heterocycles. The third kappa shape index (κ3) is 3.26. The van der Waals surface area contributed by atoms with Crippen molar-refractivity contribution in [2.75, 3.05) is 26.7 Å². The van der Waals surface area contributed by atoms with Gasteiger partial charge < -0.3 is 25.0 Å². The number of hydrogen-bond acceptors (Lipinski definition) is 6. The largest absolute Gasteiger partial charge is 0.504 e. The Morgan fingerprint density at radius 3 is 2.73 bits per heavy atom. The highest BCUT2D eigenvalue weighted by molar-refractivity contribution is 5.80. The van der Waals surface area contributed by atoms with Gasteiger partial charge in [0.1, 0.15) is 12.2 Å². The van der Waals surface area contributed by atoms with Crippen molar-refractivity contribution in [3.8, 4) is 11.5 Å². The van der Waals surface area contributed by atoms with E-state index < -0.39 is 29.1 Å². The van der Waals surface area contributed by atoms with Gasteiger partial charge in [0.15, 0.2) is 11.5 Å². The van der Waals surface area contributed by atoms with Crippen molar-refractivity contribution in [1.82, 2.24) is 9.80 Å². The van der Waals surface area contributed by atoms with Crippen LogP contribution >= 0.6 is 0 Å². The quantitative estimate of drug-likeness (QED) is 0.559. The van der Waals surface area contributed by atoms with E-state index in [0.717, 1.165) is 36.2 Å². The molecule has 196 valence electrons. The number of likely N-dealkylation sites (N-methyl/N-ethyl adjacent to an activating group) is 1. The second-order valence-electron chi connectivity index (χ2n) is 12.1. The van der Waals surface area contributed by atoms with Crippen LogP contribution in [0.4, 0.5) is 0 Å². The van der Waals surface area contributed by atoms with Crippen LogP contribution in [-0.2, 0) is 23.1 Å². The molecule has 3 N–H and O–H groups in total. The third-order valence-corrected chi connectivity index (χ3v) is 10.1. The molecule has 2 aromatic carbocycles. The Hall–Kier alpha value is -2.61. The Balaban J connectivity index is 1.24. The number of hydrogen-bond donors (Lipinski definition) is 3.